The van der Waals surface area contributed by atoms with Crippen molar-refractivity contribution in [3.8, 4) is 0 Å². The highest BCUT2D eigenvalue weighted by atomic mass is 35.5. The number of rotatable bonds is 6. The first-order valence-corrected chi connectivity index (χ1v) is 7.89. The van der Waals surface area contributed by atoms with Gasteiger partial charge in [0, 0.05) is 24.7 Å². The summed E-state index contributed by atoms with van der Waals surface area (Å²) in [5.74, 6) is 0. The van der Waals surface area contributed by atoms with Crippen molar-refractivity contribution < 1.29 is 13.5 Å². The summed E-state index contributed by atoms with van der Waals surface area (Å²) in [5.41, 5.74) is 5.72. The monoisotopic (exact) mass is 326 g/mol. The van der Waals surface area contributed by atoms with E-state index in [4.69, 9.17) is 34.0 Å². The van der Waals surface area contributed by atoms with Gasteiger partial charge in [-0.15, -0.1) is 0 Å². The van der Waals surface area contributed by atoms with E-state index in [0.717, 1.165) is 0 Å². The van der Waals surface area contributed by atoms with E-state index < -0.39 is 10.0 Å². The highest BCUT2D eigenvalue weighted by Gasteiger charge is 2.27. The van der Waals surface area contributed by atoms with Crippen LogP contribution in [0.2, 0.25) is 10.0 Å². The van der Waals surface area contributed by atoms with E-state index in [9.17, 15) is 8.42 Å². The van der Waals surface area contributed by atoms with Crippen LogP contribution in [-0.2, 0) is 10.0 Å². The van der Waals surface area contributed by atoms with Crippen LogP contribution in [0.3, 0.4) is 0 Å². The molecule has 0 saturated heterocycles. The van der Waals surface area contributed by atoms with E-state index in [1.165, 1.54) is 16.4 Å². The van der Waals surface area contributed by atoms with Crippen LogP contribution in [0.25, 0.3) is 0 Å². The maximum absolute atomic E-state index is 12.5. The van der Waals surface area contributed by atoms with Crippen molar-refractivity contribution in [2.75, 3.05) is 25.4 Å². The van der Waals surface area contributed by atoms with E-state index in [-0.39, 0.29) is 40.3 Å². The Morgan fingerprint density at radius 1 is 1.37 bits per heavy atom. The van der Waals surface area contributed by atoms with E-state index in [0.29, 0.717) is 6.42 Å². The predicted molar refractivity (Wildman–Crippen MR) is 77.0 cm³/mol. The molecule has 1 rings (SSSR count). The lowest BCUT2D eigenvalue weighted by Crippen LogP contribution is -2.33. The summed E-state index contributed by atoms with van der Waals surface area (Å²) in [4.78, 5) is -0.140. The predicted octanol–water partition coefficient (Wildman–Crippen LogP) is 1.97. The Bertz CT molecular complexity index is 526. The average Bonchev–Trinajstić information content (AvgIpc) is 2.27. The molecule has 0 radical (unpaired) electrons. The van der Waals surface area contributed by atoms with Crippen LogP contribution in [0.4, 0.5) is 5.69 Å². The van der Waals surface area contributed by atoms with Gasteiger partial charge in [0.05, 0.1) is 10.7 Å². The van der Waals surface area contributed by atoms with Crippen LogP contribution in [0.15, 0.2) is 17.0 Å². The fraction of sp³-hybridized carbons (Fsp3) is 0.455. The van der Waals surface area contributed by atoms with Crippen molar-refractivity contribution in [1.82, 2.24) is 4.31 Å². The zero-order chi connectivity index (χ0) is 14.6. The first-order chi connectivity index (χ1) is 8.84. The number of halogens is 2. The minimum Gasteiger partial charge on any atom is -0.398 e. The normalized spacial score (nSPS) is 12.1. The van der Waals surface area contributed by atoms with Crippen molar-refractivity contribution in [3.05, 3.63) is 22.2 Å². The molecule has 0 fully saturated rings. The number of nitrogens with two attached hydrogens (primary N) is 1. The van der Waals surface area contributed by atoms with Crippen molar-refractivity contribution in [2.24, 2.45) is 0 Å². The second kappa shape index (κ2) is 6.76. The molecule has 0 atom stereocenters. The first-order valence-electron chi connectivity index (χ1n) is 5.70. The van der Waals surface area contributed by atoms with Gasteiger partial charge in [-0.25, -0.2) is 8.42 Å². The minimum atomic E-state index is -3.79. The molecule has 1 aromatic carbocycles. The number of aliphatic hydroxyl groups excluding tert-OH is 1. The van der Waals surface area contributed by atoms with E-state index >= 15 is 0 Å². The maximum Gasteiger partial charge on any atom is 0.246 e. The van der Waals surface area contributed by atoms with Crippen LogP contribution in [0.1, 0.15) is 13.3 Å². The summed E-state index contributed by atoms with van der Waals surface area (Å²) in [5, 5.41) is 9.07. The lowest BCUT2D eigenvalue weighted by atomic mass is 10.3. The van der Waals surface area contributed by atoms with Gasteiger partial charge in [0.2, 0.25) is 10.0 Å². The Morgan fingerprint density at radius 3 is 2.47 bits per heavy atom. The van der Waals surface area contributed by atoms with Crippen molar-refractivity contribution >= 4 is 38.9 Å². The molecule has 0 aliphatic rings. The van der Waals surface area contributed by atoms with Gasteiger partial charge >= 0.3 is 0 Å². The van der Waals surface area contributed by atoms with Crippen molar-refractivity contribution in [1.29, 1.82) is 0 Å². The van der Waals surface area contributed by atoms with Crippen LogP contribution in [0.5, 0.6) is 0 Å². The SMILES string of the molecule is CCN(CCCO)S(=O)(=O)c1c(N)cc(Cl)cc1Cl. The molecule has 1 aromatic rings. The van der Waals surface area contributed by atoms with Crippen molar-refractivity contribution in [3.63, 3.8) is 0 Å². The van der Waals surface area contributed by atoms with Gasteiger partial charge < -0.3 is 10.8 Å². The molecule has 0 saturated carbocycles. The number of nitrogen functional groups attached to an aromatic ring is 1. The summed E-state index contributed by atoms with van der Waals surface area (Å²) in [6.07, 6.45) is 0.345. The number of hydrogen-bond donors (Lipinski definition) is 2. The van der Waals surface area contributed by atoms with E-state index in [1.807, 2.05) is 0 Å². The third-order valence-corrected chi connectivity index (χ3v) is 5.27. The molecule has 5 nitrogen and oxygen atoms in total. The molecule has 19 heavy (non-hydrogen) atoms. The largest absolute Gasteiger partial charge is 0.398 e. The molecule has 108 valence electrons. The molecule has 0 aliphatic heterocycles. The quantitative estimate of drug-likeness (QED) is 0.783. The topological polar surface area (TPSA) is 83.6 Å². The number of nitrogens with zero attached hydrogens (tertiary/aromatic N) is 1. The fourth-order valence-corrected chi connectivity index (χ4v) is 4.11. The summed E-state index contributed by atoms with van der Waals surface area (Å²) in [7, 11) is -3.79. The molecule has 0 aromatic heterocycles. The molecule has 0 heterocycles. The molecular weight excluding hydrogens is 311 g/mol. The average molecular weight is 327 g/mol. The number of aliphatic hydroxyl groups is 1. The molecule has 0 spiro atoms. The minimum absolute atomic E-state index is 0.00699. The zero-order valence-corrected chi connectivity index (χ0v) is 12.8. The molecule has 8 heteroatoms. The third kappa shape index (κ3) is 3.73. The summed E-state index contributed by atoms with van der Waals surface area (Å²) < 4.78 is 26.1. The highest BCUT2D eigenvalue weighted by molar-refractivity contribution is 7.89. The van der Waals surface area contributed by atoms with E-state index in [2.05, 4.69) is 0 Å². The Labute approximate surface area is 123 Å². The summed E-state index contributed by atoms with van der Waals surface area (Å²) >= 11 is 11.7. The molecule has 0 bridgehead atoms. The lowest BCUT2D eigenvalue weighted by molar-refractivity contribution is 0.271. The number of sulfonamides is 1. The summed E-state index contributed by atoms with van der Waals surface area (Å²) in [6.45, 7) is 2.08. The number of anilines is 1. The smallest absolute Gasteiger partial charge is 0.246 e. The third-order valence-electron chi connectivity index (χ3n) is 2.55. The molecule has 0 unspecified atom stereocenters. The van der Waals surface area contributed by atoms with Crippen LogP contribution in [0, 0.1) is 0 Å². The van der Waals surface area contributed by atoms with E-state index in [1.54, 1.807) is 6.92 Å². The second-order valence-electron chi connectivity index (χ2n) is 3.88. The Kier molecular flexibility index (Phi) is 5.88. The van der Waals surface area contributed by atoms with Gasteiger partial charge in [0.15, 0.2) is 0 Å². The van der Waals surface area contributed by atoms with Gasteiger partial charge in [0.25, 0.3) is 0 Å². The second-order valence-corrected chi connectivity index (χ2v) is 6.60. The highest BCUT2D eigenvalue weighted by Crippen LogP contribution is 2.33. The number of hydrogen-bond acceptors (Lipinski definition) is 4. The summed E-state index contributed by atoms with van der Waals surface area (Å²) in [6, 6.07) is 2.69. The van der Waals surface area contributed by atoms with Gasteiger partial charge in [-0.05, 0) is 18.6 Å². The lowest BCUT2D eigenvalue weighted by Gasteiger charge is -2.21. The Morgan fingerprint density at radius 2 is 2.00 bits per heavy atom. The Hall–Kier alpha value is -0.530. The van der Waals surface area contributed by atoms with Gasteiger partial charge in [-0.2, -0.15) is 4.31 Å². The standard InChI is InChI=1S/C11H16Cl2N2O3S/c1-2-15(4-3-5-16)19(17,18)11-9(13)6-8(12)7-10(11)14/h6-7,16H,2-5,14H2,1H3. The van der Waals surface area contributed by atoms with Crippen LogP contribution >= 0.6 is 23.2 Å². The first kappa shape index (κ1) is 16.5. The van der Waals surface area contributed by atoms with Gasteiger partial charge in [-0.1, -0.05) is 30.1 Å². The Balaban J connectivity index is 3.26. The van der Waals surface area contributed by atoms with Gasteiger partial charge in [0.1, 0.15) is 4.90 Å². The van der Waals surface area contributed by atoms with Crippen LogP contribution in [-0.4, -0.2) is 37.5 Å². The number of benzene rings is 1. The fourth-order valence-electron chi connectivity index (χ4n) is 1.68. The molecule has 0 aliphatic carbocycles. The van der Waals surface area contributed by atoms with Gasteiger partial charge in [-0.3, -0.25) is 0 Å². The van der Waals surface area contributed by atoms with Crippen molar-refractivity contribution in [2.45, 2.75) is 18.2 Å². The van der Waals surface area contributed by atoms with Crippen LogP contribution < -0.4 is 5.73 Å². The molecular formula is C11H16Cl2N2O3S. The molecule has 0 amide bonds. The molecule has 3 N–H and O–H groups in total. The zero-order valence-electron chi connectivity index (χ0n) is 10.4. The maximum atomic E-state index is 12.5.